The number of carbonyl (C=O) groups is 2. The molecule has 0 spiro atoms. The first-order valence-corrected chi connectivity index (χ1v) is 11.0. The molecule has 28 heavy (non-hydrogen) atoms. The lowest BCUT2D eigenvalue weighted by Crippen LogP contribution is -2.35. The van der Waals surface area contributed by atoms with Crippen LogP contribution >= 0.6 is 11.3 Å². The Bertz CT molecular complexity index is 817. The van der Waals surface area contributed by atoms with Gasteiger partial charge in [-0.25, -0.2) is 0 Å². The number of benzene rings is 1. The third-order valence-electron chi connectivity index (χ3n) is 5.69. The molecule has 6 nitrogen and oxygen atoms in total. The van der Waals surface area contributed by atoms with Crippen LogP contribution in [0.25, 0.3) is 0 Å². The molecule has 1 aromatic heterocycles. The molecule has 1 aliphatic carbocycles. The predicted octanol–water partition coefficient (Wildman–Crippen LogP) is 3.44. The fourth-order valence-electron chi connectivity index (χ4n) is 4.18. The average Bonchev–Trinajstić information content (AvgIpc) is 3.44. The summed E-state index contributed by atoms with van der Waals surface area (Å²) >= 11 is 1.43. The topological polar surface area (TPSA) is 75.2 Å². The lowest BCUT2D eigenvalue weighted by molar-refractivity contribution is -0.129. The molecule has 2 aliphatic rings. The molecule has 1 N–H and O–H groups in total. The van der Waals surface area contributed by atoms with Crippen molar-refractivity contribution in [1.29, 1.82) is 0 Å². The first-order valence-electron chi connectivity index (χ1n) is 10.2. The minimum atomic E-state index is -0.279. The highest BCUT2D eigenvalue weighted by molar-refractivity contribution is 7.15. The minimum Gasteiger partial charge on any atom is -0.339 e. The molecule has 1 aromatic carbocycles. The monoisotopic (exact) mass is 398 g/mol. The fourth-order valence-corrected chi connectivity index (χ4v) is 4.96. The van der Waals surface area contributed by atoms with Gasteiger partial charge in [0.2, 0.25) is 16.9 Å². The molecule has 2 aromatic rings. The van der Waals surface area contributed by atoms with Gasteiger partial charge in [-0.05, 0) is 31.2 Å². The lowest BCUT2D eigenvalue weighted by Gasteiger charge is -2.23. The molecule has 1 atom stereocenters. The van der Waals surface area contributed by atoms with E-state index in [0.717, 1.165) is 37.1 Å². The Morgan fingerprint density at radius 1 is 1.14 bits per heavy atom. The molecule has 148 valence electrons. The van der Waals surface area contributed by atoms with Crippen molar-refractivity contribution in [2.24, 2.45) is 5.92 Å². The maximum Gasteiger partial charge on any atom is 0.231 e. The Morgan fingerprint density at radius 3 is 2.71 bits per heavy atom. The first-order chi connectivity index (χ1) is 13.7. The summed E-state index contributed by atoms with van der Waals surface area (Å²) < 4.78 is 0. The zero-order chi connectivity index (χ0) is 19.3. The van der Waals surface area contributed by atoms with Gasteiger partial charge in [0, 0.05) is 25.4 Å². The van der Waals surface area contributed by atoms with Gasteiger partial charge in [-0.3, -0.25) is 9.59 Å². The van der Waals surface area contributed by atoms with Crippen LogP contribution in [-0.2, 0) is 22.4 Å². The van der Waals surface area contributed by atoms with E-state index in [4.69, 9.17) is 0 Å². The Kier molecular flexibility index (Phi) is 6.00. The summed E-state index contributed by atoms with van der Waals surface area (Å²) in [5.41, 5.74) is 1.32. The summed E-state index contributed by atoms with van der Waals surface area (Å²) in [6, 6.07) is 10.7. The zero-order valence-corrected chi connectivity index (χ0v) is 16.8. The Morgan fingerprint density at radius 2 is 1.93 bits per heavy atom. The second-order valence-corrected chi connectivity index (χ2v) is 8.78. The van der Waals surface area contributed by atoms with E-state index in [1.165, 1.54) is 29.7 Å². The number of amides is 2. The summed E-state index contributed by atoms with van der Waals surface area (Å²) in [4.78, 5) is 26.8. The Balaban J connectivity index is 1.25. The van der Waals surface area contributed by atoms with E-state index in [0.29, 0.717) is 24.1 Å². The van der Waals surface area contributed by atoms with E-state index in [1.807, 2.05) is 11.0 Å². The van der Waals surface area contributed by atoms with Crippen molar-refractivity contribution in [3.05, 3.63) is 40.9 Å². The van der Waals surface area contributed by atoms with Gasteiger partial charge in [-0.15, -0.1) is 10.2 Å². The van der Waals surface area contributed by atoms with Gasteiger partial charge >= 0.3 is 0 Å². The first kappa shape index (κ1) is 19.1. The number of hydrogen-bond acceptors (Lipinski definition) is 5. The van der Waals surface area contributed by atoms with Gasteiger partial charge in [0.15, 0.2) is 0 Å². The molecular weight excluding hydrogens is 372 g/mol. The number of anilines is 1. The lowest BCUT2D eigenvalue weighted by atomic mass is 10.1. The van der Waals surface area contributed by atoms with Crippen molar-refractivity contribution in [2.75, 3.05) is 11.9 Å². The number of carbonyl (C=O) groups excluding carboxylic acids is 2. The van der Waals surface area contributed by atoms with Crippen LogP contribution in [-0.4, -0.2) is 39.5 Å². The van der Waals surface area contributed by atoms with Crippen LogP contribution in [0.5, 0.6) is 0 Å². The number of hydrogen-bond donors (Lipinski definition) is 1. The highest BCUT2D eigenvalue weighted by Crippen LogP contribution is 2.30. The smallest absolute Gasteiger partial charge is 0.231 e. The molecule has 4 rings (SSSR count). The second kappa shape index (κ2) is 8.82. The van der Waals surface area contributed by atoms with E-state index in [-0.39, 0.29) is 17.7 Å². The highest BCUT2D eigenvalue weighted by Gasteiger charge is 2.38. The van der Waals surface area contributed by atoms with E-state index in [1.54, 1.807) is 0 Å². The van der Waals surface area contributed by atoms with Crippen LogP contribution in [0, 0.1) is 5.92 Å². The number of nitrogens with one attached hydrogen (secondary N) is 1. The summed E-state index contributed by atoms with van der Waals surface area (Å²) in [6.07, 6.45) is 7.67. The minimum absolute atomic E-state index is 0.110. The molecular formula is C21H26N4O2S. The van der Waals surface area contributed by atoms with Gasteiger partial charge in [0.05, 0.1) is 5.92 Å². The number of likely N-dealkylation sites (tertiary alicyclic amines) is 1. The normalized spacial score (nSPS) is 20.1. The summed E-state index contributed by atoms with van der Waals surface area (Å²) in [5, 5.41) is 12.6. The van der Waals surface area contributed by atoms with Gasteiger partial charge in [-0.2, -0.15) is 0 Å². The quantitative estimate of drug-likeness (QED) is 0.775. The Hall–Kier alpha value is -2.28. The molecule has 1 unspecified atom stereocenters. The van der Waals surface area contributed by atoms with Crippen LogP contribution in [0.1, 0.15) is 49.1 Å². The fraction of sp³-hybridized carbons (Fsp3) is 0.524. The highest BCUT2D eigenvalue weighted by atomic mass is 32.1. The van der Waals surface area contributed by atoms with Crippen molar-refractivity contribution in [3.8, 4) is 0 Å². The molecule has 2 amide bonds. The molecule has 7 heteroatoms. The molecule has 1 aliphatic heterocycles. The van der Waals surface area contributed by atoms with E-state index < -0.39 is 0 Å². The van der Waals surface area contributed by atoms with Crippen molar-refractivity contribution in [2.45, 2.75) is 57.4 Å². The predicted molar refractivity (Wildman–Crippen MR) is 109 cm³/mol. The van der Waals surface area contributed by atoms with Crippen LogP contribution in [0.2, 0.25) is 0 Å². The molecule has 0 radical (unpaired) electrons. The molecule has 2 heterocycles. The largest absolute Gasteiger partial charge is 0.339 e. The zero-order valence-electron chi connectivity index (χ0n) is 16.0. The second-order valence-electron chi connectivity index (χ2n) is 7.71. The van der Waals surface area contributed by atoms with E-state index in [9.17, 15) is 9.59 Å². The number of nitrogens with zero attached hydrogens (tertiary/aromatic N) is 3. The summed E-state index contributed by atoms with van der Waals surface area (Å²) in [6.45, 7) is 0.540. The summed E-state index contributed by atoms with van der Waals surface area (Å²) in [7, 11) is 0. The molecule has 1 saturated carbocycles. The molecule has 0 bridgehead atoms. The van der Waals surface area contributed by atoms with Gasteiger partial charge < -0.3 is 10.2 Å². The number of rotatable bonds is 7. The maximum absolute atomic E-state index is 12.6. The van der Waals surface area contributed by atoms with Crippen molar-refractivity contribution < 1.29 is 9.59 Å². The van der Waals surface area contributed by atoms with Crippen LogP contribution in [0.15, 0.2) is 30.3 Å². The maximum atomic E-state index is 12.6. The average molecular weight is 399 g/mol. The summed E-state index contributed by atoms with van der Waals surface area (Å²) in [5.74, 6) is -0.273. The van der Waals surface area contributed by atoms with Crippen LogP contribution in [0.3, 0.4) is 0 Å². The third kappa shape index (κ3) is 4.58. The Labute approximate surface area is 169 Å². The van der Waals surface area contributed by atoms with Crippen molar-refractivity contribution >= 4 is 28.3 Å². The van der Waals surface area contributed by atoms with Crippen molar-refractivity contribution in [1.82, 2.24) is 15.1 Å². The van der Waals surface area contributed by atoms with Crippen molar-refractivity contribution in [3.63, 3.8) is 0 Å². The molecule has 1 saturated heterocycles. The van der Waals surface area contributed by atoms with E-state index in [2.05, 4.69) is 39.8 Å². The number of aromatic nitrogens is 2. The van der Waals surface area contributed by atoms with Crippen LogP contribution < -0.4 is 5.32 Å². The SMILES string of the molecule is O=C(Nc1nnc(CCCc2ccccc2)s1)C1CC(=O)N(C2CCCC2)C1. The van der Waals surface area contributed by atoms with Gasteiger partial charge in [-0.1, -0.05) is 54.5 Å². The van der Waals surface area contributed by atoms with Gasteiger partial charge in [0.25, 0.3) is 0 Å². The van der Waals surface area contributed by atoms with Crippen LogP contribution in [0.4, 0.5) is 5.13 Å². The van der Waals surface area contributed by atoms with Gasteiger partial charge in [0.1, 0.15) is 5.01 Å². The van der Waals surface area contributed by atoms with E-state index >= 15 is 0 Å². The number of aryl methyl sites for hydroxylation is 2. The molecule has 2 fully saturated rings. The third-order valence-corrected chi connectivity index (χ3v) is 6.59. The standard InChI is InChI=1S/C21H26N4O2S/c26-19-13-16(14-25(19)17-10-4-5-11-17)20(27)22-21-24-23-18(28-21)12-6-9-15-7-2-1-3-8-15/h1-3,7-8,16-17H,4-6,9-14H2,(H,22,24,27).